The number of hydrogen-bond acceptors (Lipinski definition) is 4. The number of hydrogen-bond donors (Lipinski definition) is 0. The van der Waals surface area contributed by atoms with Gasteiger partial charge in [-0.15, -0.1) is 0 Å². The van der Waals surface area contributed by atoms with Gasteiger partial charge in [0.15, 0.2) is 0 Å². The Balaban J connectivity index is 1.47. The van der Waals surface area contributed by atoms with E-state index in [0.717, 1.165) is 50.5 Å². The van der Waals surface area contributed by atoms with Gasteiger partial charge in [-0.25, -0.2) is 0 Å². The first kappa shape index (κ1) is 23.2. The number of thioether (sulfide) groups is 1. The van der Waals surface area contributed by atoms with Crippen molar-refractivity contribution in [2.45, 2.75) is 69.4 Å². The van der Waals surface area contributed by atoms with E-state index < -0.39 is 0 Å². The number of aromatic nitrogens is 1. The molecule has 0 N–H and O–H groups in total. The van der Waals surface area contributed by atoms with Gasteiger partial charge in [-0.05, 0) is 87.6 Å². The van der Waals surface area contributed by atoms with E-state index in [2.05, 4.69) is 38.9 Å². The van der Waals surface area contributed by atoms with Crippen molar-refractivity contribution < 1.29 is 9.53 Å². The van der Waals surface area contributed by atoms with E-state index in [1.165, 1.54) is 45.2 Å². The van der Waals surface area contributed by atoms with Gasteiger partial charge in [0.05, 0.1) is 12.0 Å². The molecule has 3 fully saturated rings. The first-order valence-electron chi connectivity index (χ1n) is 12.4. The summed E-state index contributed by atoms with van der Waals surface area (Å²) < 4.78 is 7.66. The number of fused-ring (bicyclic) bond motifs is 1. The summed E-state index contributed by atoms with van der Waals surface area (Å²) in [6.45, 7) is 5.00. The molecule has 4 heterocycles. The van der Waals surface area contributed by atoms with Gasteiger partial charge in [0, 0.05) is 45.2 Å². The van der Waals surface area contributed by atoms with Crippen LogP contribution in [-0.4, -0.2) is 77.7 Å². The molecular formula is C25H41N3O2S. The Morgan fingerprint density at radius 2 is 1.90 bits per heavy atom. The summed E-state index contributed by atoms with van der Waals surface area (Å²) in [5.41, 5.74) is -0.0468. The van der Waals surface area contributed by atoms with Crippen LogP contribution in [0.15, 0.2) is 24.5 Å². The monoisotopic (exact) mass is 447 g/mol. The molecule has 1 amide bonds. The largest absolute Gasteiger partial charge is 0.385 e. The van der Waals surface area contributed by atoms with Crippen LogP contribution in [0.2, 0.25) is 0 Å². The van der Waals surface area contributed by atoms with Crippen molar-refractivity contribution in [1.29, 1.82) is 0 Å². The molecule has 2 atom stereocenters. The molecular weight excluding hydrogens is 406 g/mol. The number of methoxy groups -OCH3 is 1. The number of nitrogens with zero attached hydrogens (tertiary/aromatic N) is 3. The highest BCUT2D eigenvalue weighted by Crippen LogP contribution is 2.38. The normalized spacial score (nSPS) is 26.4. The molecule has 1 aromatic rings. The molecule has 0 aliphatic carbocycles. The zero-order chi connectivity index (χ0) is 21.5. The molecule has 0 saturated carbocycles. The van der Waals surface area contributed by atoms with Crippen LogP contribution in [0.4, 0.5) is 0 Å². The standard InChI is InChI=1S/C25H41N3O2S/c1-30-17-7-14-27(21-22-8-6-13-26-12-3-2-9-23(22)26)24(29)20-25(10-18-31-19-11-25)28-15-4-5-16-28/h4-5,15-16,22-23H,2-3,6-14,17-21H2,1H3/t22-,23+/m0/s1. The van der Waals surface area contributed by atoms with Crippen LogP contribution in [0.1, 0.15) is 57.8 Å². The van der Waals surface area contributed by atoms with Gasteiger partial charge in [-0.3, -0.25) is 4.79 Å². The summed E-state index contributed by atoms with van der Waals surface area (Å²) >= 11 is 2.03. The second kappa shape index (κ2) is 11.2. The van der Waals surface area contributed by atoms with Crippen LogP contribution in [0, 0.1) is 5.92 Å². The molecule has 31 heavy (non-hydrogen) atoms. The predicted molar refractivity (Wildman–Crippen MR) is 129 cm³/mol. The Hall–Kier alpha value is -0.980. The zero-order valence-electron chi connectivity index (χ0n) is 19.3. The van der Waals surface area contributed by atoms with Crippen LogP contribution in [-0.2, 0) is 15.1 Å². The molecule has 4 rings (SSSR count). The van der Waals surface area contributed by atoms with Gasteiger partial charge < -0.3 is 19.1 Å². The number of ether oxygens (including phenoxy) is 1. The molecule has 3 saturated heterocycles. The van der Waals surface area contributed by atoms with Crippen LogP contribution in [0.3, 0.4) is 0 Å². The molecule has 0 bridgehead atoms. The van der Waals surface area contributed by atoms with Gasteiger partial charge in [0.1, 0.15) is 0 Å². The van der Waals surface area contributed by atoms with Crippen LogP contribution >= 0.6 is 11.8 Å². The Labute approximate surface area is 192 Å². The summed E-state index contributed by atoms with van der Waals surface area (Å²) in [5.74, 6) is 3.28. The van der Waals surface area contributed by atoms with Crippen LogP contribution in [0.25, 0.3) is 0 Å². The SMILES string of the molecule is COCCCN(C[C@@H]1CCCN2CCCC[C@H]12)C(=O)CC1(n2cccc2)CCSCC1. The molecule has 0 radical (unpaired) electrons. The first-order chi connectivity index (χ1) is 15.2. The van der Waals surface area contributed by atoms with Gasteiger partial charge in [0.2, 0.25) is 5.91 Å². The number of carbonyl (C=O) groups is 1. The number of carbonyl (C=O) groups excluding carboxylic acids is 1. The van der Waals surface area contributed by atoms with E-state index >= 15 is 0 Å². The molecule has 174 valence electrons. The topological polar surface area (TPSA) is 37.7 Å². The van der Waals surface area contributed by atoms with E-state index in [1.807, 2.05) is 11.8 Å². The maximum atomic E-state index is 13.8. The third-order valence-corrected chi connectivity index (χ3v) is 8.85. The van der Waals surface area contributed by atoms with Crippen molar-refractivity contribution in [1.82, 2.24) is 14.4 Å². The van der Waals surface area contributed by atoms with E-state index in [9.17, 15) is 4.79 Å². The highest BCUT2D eigenvalue weighted by atomic mass is 32.2. The summed E-state index contributed by atoms with van der Waals surface area (Å²) in [7, 11) is 1.76. The molecule has 3 aliphatic heterocycles. The van der Waals surface area contributed by atoms with Gasteiger partial charge in [-0.2, -0.15) is 11.8 Å². The minimum Gasteiger partial charge on any atom is -0.385 e. The lowest BCUT2D eigenvalue weighted by Crippen LogP contribution is -2.52. The second-order valence-corrected chi connectivity index (χ2v) is 11.0. The fourth-order valence-electron chi connectivity index (χ4n) is 6.11. The van der Waals surface area contributed by atoms with Crippen molar-refractivity contribution in [3.63, 3.8) is 0 Å². The smallest absolute Gasteiger partial charge is 0.224 e. The summed E-state index contributed by atoms with van der Waals surface area (Å²) in [4.78, 5) is 18.7. The Morgan fingerprint density at radius 1 is 1.13 bits per heavy atom. The zero-order valence-corrected chi connectivity index (χ0v) is 20.2. The molecule has 0 aromatic carbocycles. The Morgan fingerprint density at radius 3 is 2.68 bits per heavy atom. The average Bonchev–Trinajstić information content (AvgIpc) is 3.35. The maximum Gasteiger partial charge on any atom is 0.224 e. The predicted octanol–water partition coefficient (Wildman–Crippen LogP) is 4.23. The van der Waals surface area contributed by atoms with Crippen molar-refractivity contribution in [3.8, 4) is 0 Å². The number of rotatable bonds is 9. The molecule has 0 spiro atoms. The van der Waals surface area contributed by atoms with E-state index in [4.69, 9.17) is 4.74 Å². The van der Waals surface area contributed by atoms with Crippen molar-refractivity contribution in [3.05, 3.63) is 24.5 Å². The average molecular weight is 448 g/mol. The van der Waals surface area contributed by atoms with Gasteiger partial charge in [0.25, 0.3) is 0 Å². The lowest BCUT2D eigenvalue weighted by molar-refractivity contribution is -0.135. The fourth-order valence-corrected chi connectivity index (χ4v) is 7.37. The van der Waals surface area contributed by atoms with E-state index in [-0.39, 0.29) is 5.54 Å². The molecule has 0 unspecified atom stereocenters. The summed E-state index contributed by atoms with van der Waals surface area (Å²) in [6.07, 6.45) is 14.6. The Bertz CT molecular complexity index is 672. The maximum absolute atomic E-state index is 13.8. The first-order valence-corrected chi connectivity index (χ1v) is 13.6. The molecule has 3 aliphatic rings. The quantitative estimate of drug-likeness (QED) is 0.531. The van der Waals surface area contributed by atoms with Gasteiger partial charge in [-0.1, -0.05) is 6.42 Å². The number of piperidine rings is 2. The lowest BCUT2D eigenvalue weighted by atomic mass is 9.82. The van der Waals surface area contributed by atoms with Crippen molar-refractivity contribution >= 4 is 17.7 Å². The fraction of sp³-hybridized carbons (Fsp3) is 0.800. The van der Waals surface area contributed by atoms with Crippen molar-refractivity contribution in [2.24, 2.45) is 5.92 Å². The summed E-state index contributed by atoms with van der Waals surface area (Å²) in [5, 5.41) is 0. The van der Waals surface area contributed by atoms with Gasteiger partial charge >= 0.3 is 0 Å². The second-order valence-electron chi connectivity index (χ2n) is 9.79. The van der Waals surface area contributed by atoms with E-state index in [0.29, 0.717) is 24.3 Å². The third-order valence-electron chi connectivity index (χ3n) is 7.87. The van der Waals surface area contributed by atoms with E-state index in [1.54, 1.807) is 7.11 Å². The lowest BCUT2D eigenvalue weighted by Gasteiger charge is -2.46. The minimum absolute atomic E-state index is 0.0468. The molecule has 1 aromatic heterocycles. The highest BCUT2D eigenvalue weighted by molar-refractivity contribution is 7.99. The van der Waals surface area contributed by atoms with Crippen LogP contribution < -0.4 is 0 Å². The van der Waals surface area contributed by atoms with Crippen molar-refractivity contribution in [2.75, 3.05) is 51.4 Å². The number of amides is 1. The van der Waals surface area contributed by atoms with Crippen LogP contribution in [0.5, 0.6) is 0 Å². The third kappa shape index (κ3) is 5.69. The summed E-state index contributed by atoms with van der Waals surface area (Å²) in [6, 6.07) is 4.89. The molecule has 6 heteroatoms. The minimum atomic E-state index is -0.0468. The highest BCUT2D eigenvalue weighted by Gasteiger charge is 2.39. The Kier molecular flexibility index (Phi) is 8.41. The molecule has 5 nitrogen and oxygen atoms in total.